The van der Waals surface area contributed by atoms with Gasteiger partial charge in [-0.1, -0.05) is 0 Å². The van der Waals surface area contributed by atoms with Gasteiger partial charge in [-0.3, -0.25) is 4.90 Å². The molecule has 1 atom stereocenters. The summed E-state index contributed by atoms with van der Waals surface area (Å²) in [7, 11) is 4.44. The van der Waals surface area contributed by atoms with Crippen LogP contribution in [0.2, 0.25) is 0 Å². The SMILES string of the molecule is CN1CCC(CN)(N(C)C2CCOCC2)C1. The monoisotopic (exact) mass is 227 g/mol. The maximum Gasteiger partial charge on any atom is 0.0480 e. The van der Waals surface area contributed by atoms with Crippen molar-refractivity contribution in [1.29, 1.82) is 0 Å². The van der Waals surface area contributed by atoms with E-state index in [0.29, 0.717) is 6.04 Å². The Bertz CT molecular complexity index is 230. The van der Waals surface area contributed by atoms with Crippen LogP contribution in [0.5, 0.6) is 0 Å². The predicted octanol–water partition coefficient (Wildman–Crippen LogP) is 0.130. The van der Waals surface area contributed by atoms with Crippen LogP contribution in [0, 0.1) is 0 Å². The quantitative estimate of drug-likeness (QED) is 0.744. The van der Waals surface area contributed by atoms with Gasteiger partial charge in [0.2, 0.25) is 0 Å². The first kappa shape index (κ1) is 12.3. The van der Waals surface area contributed by atoms with E-state index in [1.807, 2.05) is 0 Å². The van der Waals surface area contributed by atoms with Gasteiger partial charge < -0.3 is 15.4 Å². The summed E-state index contributed by atoms with van der Waals surface area (Å²) < 4.78 is 5.43. The number of likely N-dealkylation sites (N-methyl/N-ethyl adjacent to an activating group) is 2. The van der Waals surface area contributed by atoms with Crippen molar-refractivity contribution in [1.82, 2.24) is 9.80 Å². The zero-order valence-corrected chi connectivity index (χ0v) is 10.6. The molecule has 0 amide bonds. The molecule has 2 rings (SSSR count). The lowest BCUT2D eigenvalue weighted by molar-refractivity contribution is 0.00176. The Morgan fingerprint density at radius 2 is 2.12 bits per heavy atom. The molecule has 2 heterocycles. The van der Waals surface area contributed by atoms with Crippen molar-refractivity contribution < 1.29 is 4.74 Å². The zero-order chi connectivity index (χ0) is 11.6. The Kier molecular flexibility index (Phi) is 3.85. The highest BCUT2D eigenvalue weighted by molar-refractivity contribution is 5.00. The fourth-order valence-corrected chi connectivity index (χ4v) is 3.12. The molecule has 2 fully saturated rings. The Labute approximate surface area is 98.7 Å². The Hall–Kier alpha value is -0.160. The summed E-state index contributed by atoms with van der Waals surface area (Å²) in [6, 6.07) is 0.656. The first-order valence-corrected chi connectivity index (χ1v) is 6.37. The van der Waals surface area contributed by atoms with Crippen LogP contribution in [0.25, 0.3) is 0 Å². The molecule has 4 nitrogen and oxygen atoms in total. The molecule has 0 spiro atoms. The standard InChI is InChI=1S/C12H25N3O/c1-14-6-5-12(9-13,10-14)15(2)11-3-7-16-8-4-11/h11H,3-10,13H2,1-2H3. The van der Waals surface area contributed by atoms with E-state index >= 15 is 0 Å². The molecule has 2 saturated heterocycles. The number of nitrogens with two attached hydrogens (primary N) is 1. The lowest BCUT2D eigenvalue weighted by Gasteiger charge is -2.44. The number of rotatable bonds is 3. The predicted molar refractivity (Wildman–Crippen MR) is 65.5 cm³/mol. The van der Waals surface area contributed by atoms with Gasteiger partial charge in [-0.25, -0.2) is 0 Å². The molecular formula is C12H25N3O. The molecule has 0 aromatic carbocycles. The second-order valence-electron chi connectivity index (χ2n) is 5.37. The van der Waals surface area contributed by atoms with Gasteiger partial charge in [-0.15, -0.1) is 0 Å². The first-order valence-electron chi connectivity index (χ1n) is 6.37. The Balaban J connectivity index is 2.02. The summed E-state index contributed by atoms with van der Waals surface area (Å²) in [6.07, 6.45) is 3.51. The molecular weight excluding hydrogens is 202 g/mol. The van der Waals surface area contributed by atoms with Crippen molar-refractivity contribution in [3.63, 3.8) is 0 Å². The highest BCUT2D eigenvalue weighted by Crippen LogP contribution is 2.29. The van der Waals surface area contributed by atoms with Crippen molar-refractivity contribution in [2.45, 2.75) is 30.8 Å². The second kappa shape index (κ2) is 5.00. The van der Waals surface area contributed by atoms with Crippen LogP contribution in [-0.4, -0.2) is 68.3 Å². The molecule has 2 N–H and O–H groups in total. The molecule has 1 unspecified atom stereocenters. The lowest BCUT2D eigenvalue weighted by Crippen LogP contribution is -2.58. The van der Waals surface area contributed by atoms with Crippen molar-refractivity contribution >= 4 is 0 Å². The van der Waals surface area contributed by atoms with Gasteiger partial charge in [-0.2, -0.15) is 0 Å². The molecule has 0 aliphatic carbocycles. The van der Waals surface area contributed by atoms with E-state index in [4.69, 9.17) is 10.5 Å². The highest BCUT2D eigenvalue weighted by Gasteiger charge is 2.41. The summed E-state index contributed by atoms with van der Waals surface area (Å²) in [5.74, 6) is 0. The third-order valence-corrected chi connectivity index (χ3v) is 4.39. The first-order chi connectivity index (χ1) is 7.68. The summed E-state index contributed by atoms with van der Waals surface area (Å²) in [6.45, 7) is 4.87. The maximum atomic E-state index is 6.04. The van der Waals surface area contributed by atoms with Gasteiger partial charge in [0.15, 0.2) is 0 Å². The van der Waals surface area contributed by atoms with Crippen molar-refractivity contribution in [3.05, 3.63) is 0 Å². The molecule has 0 aromatic heterocycles. The van der Waals surface area contributed by atoms with Gasteiger partial charge in [-0.05, 0) is 39.9 Å². The van der Waals surface area contributed by atoms with Crippen LogP contribution in [0.15, 0.2) is 0 Å². The summed E-state index contributed by atoms with van der Waals surface area (Å²) in [4.78, 5) is 4.93. The Morgan fingerprint density at radius 3 is 2.62 bits per heavy atom. The minimum absolute atomic E-state index is 0.205. The van der Waals surface area contributed by atoms with Gasteiger partial charge in [0.1, 0.15) is 0 Å². The smallest absolute Gasteiger partial charge is 0.0480 e. The van der Waals surface area contributed by atoms with Crippen LogP contribution < -0.4 is 5.73 Å². The molecule has 94 valence electrons. The fraction of sp³-hybridized carbons (Fsp3) is 1.00. The highest BCUT2D eigenvalue weighted by atomic mass is 16.5. The van der Waals surface area contributed by atoms with E-state index in [9.17, 15) is 0 Å². The number of nitrogens with zero attached hydrogens (tertiary/aromatic N) is 2. The van der Waals surface area contributed by atoms with E-state index in [-0.39, 0.29) is 5.54 Å². The number of hydrogen-bond acceptors (Lipinski definition) is 4. The van der Waals surface area contributed by atoms with Crippen LogP contribution in [-0.2, 0) is 4.74 Å². The second-order valence-corrected chi connectivity index (χ2v) is 5.37. The number of hydrogen-bond donors (Lipinski definition) is 1. The van der Waals surface area contributed by atoms with Crippen molar-refractivity contribution in [2.24, 2.45) is 5.73 Å². The molecule has 0 radical (unpaired) electrons. The molecule has 4 heteroatoms. The molecule has 0 bridgehead atoms. The van der Waals surface area contributed by atoms with E-state index in [1.165, 1.54) is 13.0 Å². The molecule has 0 aromatic rings. The van der Waals surface area contributed by atoms with Crippen molar-refractivity contribution in [2.75, 3.05) is 46.9 Å². The molecule has 16 heavy (non-hydrogen) atoms. The largest absolute Gasteiger partial charge is 0.381 e. The summed E-state index contributed by atoms with van der Waals surface area (Å²) in [5, 5.41) is 0. The lowest BCUT2D eigenvalue weighted by atomic mass is 9.92. The van der Waals surface area contributed by atoms with Crippen LogP contribution in [0.1, 0.15) is 19.3 Å². The van der Waals surface area contributed by atoms with Gasteiger partial charge in [0.25, 0.3) is 0 Å². The van der Waals surface area contributed by atoms with Crippen molar-refractivity contribution in [3.8, 4) is 0 Å². The molecule has 2 aliphatic heterocycles. The summed E-state index contributed by atoms with van der Waals surface area (Å²) >= 11 is 0. The van der Waals surface area contributed by atoms with Gasteiger partial charge >= 0.3 is 0 Å². The average Bonchev–Trinajstić information content (AvgIpc) is 2.72. The van der Waals surface area contributed by atoms with E-state index in [1.54, 1.807) is 0 Å². The van der Waals surface area contributed by atoms with Gasteiger partial charge in [0.05, 0.1) is 0 Å². The zero-order valence-electron chi connectivity index (χ0n) is 10.6. The minimum atomic E-state index is 0.205. The normalized spacial score (nSPS) is 33.8. The Morgan fingerprint density at radius 1 is 1.44 bits per heavy atom. The van der Waals surface area contributed by atoms with Crippen LogP contribution >= 0.6 is 0 Å². The molecule has 0 saturated carbocycles. The number of ether oxygens (including phenoxy) is 1. The topological polar surface area (TPSA) is 41.7 Å². The average molecular weight is 227 g/mol. The molecule has 2 aliphatic rings. The number of likely N-dealkylation sites (tertiary alicyclic amines) is 1. The van der Waals surface area contributed by atoms with Gasteiger partial charge in [0, 0.05) is 37.9 Å². The summed E-state index contributed by atoms with van der Waals surface area (Å²) in [5.41, 5.74) is 6.24. The van der Waals surface area contributed by atoms with E-state index in [2.05, 4.69) is 23.9 Å². The van der Waals surface area contributed by atoms with E-state index in [0.717, 1.165) is 39.1 Å². The van der Waals surface area contributed by atoms with Crippen LogP contribution in [0.3, 0.4) is 0 Å². The van der Waals surface area contributed by atoms with E-state index < -0.39 is 0 Å². The minimum Gasteiger partial charge on any atom is -0.381 e. The third kappa shape index (κ3) is 2.25. The maximum absolute atomic E-state index is 6.04. The third-order valence-electron chi connectivity index (χ3n) is 4.39. The van der Waals surface area contributed by atoms with Crippen LogP contribution in [0.4, 0.5) is 0 Å². The fourth-order valence-electron chi connectivity index (χ4n) is 3.12.